The number of aromatic amines is 1. The maximum absolute atomic E-state index is 7.02. The maximum Gasteiger partial charge on any atom is 0.197 e. The number of hydrogen-bond donors (Lipinski definition) is 2. The van der Waals surface area contributed by atoms with Crippen LogP contribution in [0.4, 0.5) is 0 Å². The van der Waals surface area contributed by atoms with E-state index in [1.54, 1.807) is 19.1 Å². The van der Waals surface area contributed by atoms with E-state index >= 15 is 0 Å². The van der Waals surface area contributed by atoms with Crippen molar-refractivity contribution in [3.05, 3.63) is 11.9 Å². The molecule has 12 heavy (non-hydrogen) atoms. The van der Waals surface area contributed by atoms with Crippen molar-refractivity contribution in [3.8, 4) is 0 Å². The lowest BCUT2D eigenvalue weighted by Crippen LogP contribution is -1.80. The Labute approximate surface area is 71.4 Å². The average molecular weight is 167 g/mol. The number of rotatable bonds is 2. The van der Waals surface area contributed by atoms with Crippen molar-refractivity contribution >= 4 is 11.8 Å². The number of tetrazole rings is 1. The fourth-order valence-corrected chi connectivity index (χ4v) is 0.440. The van der Waals surface area contributed by atoms with Crippen LogP contribution in [0.5, 0.6) is 0 Å². The molecular formula is C7H13N5. The zero-order chi connectivity index (χ0) is 9.40. The minimum Gasteiger partial charge on any atom is -0.306 e. The van der Waals surface area contributed by atoms with Crippen LogP contribution < -0.4 is 0 Å². The maximum atomic E-state index is 7.02. The van der Waals surface area contributed by atoms with Gasteiger partial charge in [0.15, 0.2) is 5.82 Å². The van der Waals surface area contributed by atoms with Gasteiger partial charge in [-0.25, -0.2) is 0 Å². The molecule has 2 N–H and O–H groups in total. The summed E-state index contributed by atoms with van der Waals surface area (Å²) in [4.78, 5) is 0. The van der Waals surface area contributed by atoms with E-state index in [0.717, 1.165) is 0 Å². The van der Waals surface area contributed by atoms with E-state index in [1.807, 2.05) is 13.8 Å². The minimum absolute atomic E-state index is 0.463. The number of hydrogen-bond acceptors (Lipinski definition) is 4. The van der Waals surface area contributed by atoms with Crippen LogP contribution >= 0.6 is 0 Å². The number of nitrogens with one attached hydrogen (secondary N) is 2. The fraction of sp³-hybridized carbons (Fsp3) is 0.429. The van der Waals surface area contributed by atoms with Gasteiger partial charge in [-0.3, -0.25) is 0 Å². The van der Waals surface area contributed by atoms with E-state index in [0.29, 0.717) is 11.5 Å². The third-order valence-corrected chi connectivity index (χ3v) is 0.844. The monoisotopic (exact) mass is 167 g/mol. The second-order valence-electron chi connectivity index (χ2n) is 1.79. The Morgan fingerprint density at radius 3 is 2.58 bits per heavy atom. The van der Waals surface area contributed by atoms with E-state index in [2.05, 4.69) is 20.6 Å². The highest BCUT2D eigenvalue weighted by atomic mass is 15.5. The summed E-state index contributed by atoms with van der Waals surface area (Å²) < 4.78 is 0. The smallest absolute Gasteiger partial charge is 0.197 e. The van der Waals surface area contributed by atoms with Gasteiger partial charge in [0.25, 0.3) is 0 Å². The van der Waals surface area contributed by atoms with E-state index in [4.69, 9.17) is 5.41 Å². The van der Waals surface area contributed by atoms with Crippen LogP contribution in [0.15, 0.2) is 6.08 Å². The van der Waals surface area contributed by atoms with Crippen LogP contribution in [0.1, 0.15) is 26.6 Å². The molecule has 0 radical (unpaired) electrons. The zero-order valence-corrected chi connectivity index (χ0v) is 7.50. The Bertz CT molecular complexity index is 236. The number of aromatic nitrogens is 4. The van der Waals surface area contributed by atoms with Crippen LogP contribution in [0.2, 0.25) is 0 Å². The van der Waals surface area contributed by atoms with Crippen molar-refractivity contribution in [1.82, 2.24) is 20.6 Å². The molecule has 0 aromatic carbocycles. The van der Waals surface area contributed by atoms with Crippen molar-refractivity contribution in [1.29, 1.82) is 5.41 Å². The quantitative estimate of drug-likeness (QED) is 0.651. The first kappa shape index (κ1) is 10.5. The van der Waals surface area contributed by atoms with Gasteiger partial charge in [0, 0.05) is 5.71 Å². The normalized spacial score (nSPS) is 9.25. The standard InChI is InChI=1S/C5H7N5.C2H6/c1-4(6)2-3-5-7-9-10-8-5;1-2/h2-3,6H,1H3,(H,7,8,9,10);1-2H3/b3-2-,6-4?;. The van der Waals surface area contributed by atoms with Crippen molar-refractivity contribution < 1.29 is 0 Å². The van der Waals surface area contributed by atoms with Gasteiger partial charge < -0.3 is 5.41 Å². The molecule has 1 rings (SSSR count). The molecule has 0 bridgehead atoms. The molecule has 0 fully saturated rings. The van der Waals surface area contributed by atoms with Gasteiger partial charge in [-0.15, -0.1) is 10.2 Å². The number of H-pyrrole nitrogens is 1. The molecule has 0 aliphatic heterocycles. The first-order chi connectivity index (χ1) is 5.79. The SMILES string of the molecule is CC.CC(=N)/C=C\c1nn[nH]n1. The Morgan fingerprint density at radius 1 is 1.50 bits per heavy atom. The summed E-state index contributed by atoms with van der Waals surface area (Å²) in [5, 5.41) is 20.0. The van der Waals surface area contributed by atoms with Gasteiger partial charge in [-0.2, -0.15) is 5.21 Å². The average Bonchev–Trinajstić information content (AvgIpc) is 2.56. The molecule has 0 unspecified atom stereocenters. The largest absolute Gasteiger partial charge is 0.306 e. The summed E-state index contributed by atoms with van der Waals surface area (Å²) in [5.41, 5.74) is 0.463. The molecule has 5 heteroatoms. The van der Waals surface area contributed by atoms with Gasteiger partial charge in [-0.05, 0) is 24.3 Å². The lowest BCUT2D eigenvalue weighted by molar-refractivity contribution is 0.881. The van der Waals surface area contributed by atoms with Crippen LogP contribution in [-0.2, 0) is 0 Å². The van der Waals surface area contributed by atoms with Crippen molar-refractivity contribution in [3.63, 3.8) is 0 Å². The van der Waals surface area contributed by atoms with E-state index in [-0.39, 0.29) is 0 Å². The summed E-state index contributed by atoms with van der Waals surface area (Å²) in [7, 11) is 0. The molecule has 5 nitrogen and oxygen atoms in total. The van der Waals surface area contributed by atoms with Gasteiger partial charge in [-0.1, -0.05) is 13.8 Å². The molecule has 0 atom stereocenters. The van der Waals surface area contributed by atoms with Gasteiger partial charge >= 0.3 is 0 Å². The van der Waals surface area contributed by atoms with Crippen LogP contribution in [-0.4, -0.2) is 26.3 Å². The zero-order valence-electron chi connectivity index (χ0n) is 7.50. The van der Waals surface area contributed by atoms with Crippen LogP contribution in [0.25, 0.3) is 6.08 Å². The topological polar surface area (TPSA) is 78.3 Å². The molecule has 0 saturated heterocycles. The second kappa shape index (κ2) is 6.21. The molecule has 1 aromatic rings. The highest BCUT2D eigenvalue weighted by Gasteiger charge is 1.87. The molecule has 0 spiro atoms. The minimum atomic E-state index is 0.463. The summed E-state index contributed by atoms with van der Waals surface area (Å²) in [6.07, 6.45) is 3.22. The predicted octanol–water partition coefficient (Wildman–Crippen LogP) is 1.28. The Kier molecular flexibility index (Phi) is 5.42. The number of allylic oxidation sites excluding steroid dienone is 1. The molecule has 0 amide bonds. The Balaban J connectivity index is 0.000000561. The van der Waals surface area contributed by atoms with Gasteiger partial charge in [0.1, 0.15) is 0 Å². The van der Waals surface area contributed by atoms with Crippen molar-refractivity contribution in [2.75, 3.05) is 0 Å². The predicted molar refractivity (Wildman–Crippen MR) is 48.0 cm³/mol. The fourth-order valence-electron chi connectivity index (χ4n) is 0.440. The summed E-state index contributed by atoms with van der Waals surface area (Å²) in [5.74, 6) is 0.492. The van der Waals surface area contributed by atoms with Gasteiger partial charge in [0.2, 0.25) is 0 Å². The van der Waals surface area contributed by atoms with Crippen LogP contribution in [0.3, 0.4) is 0 Å². The molecule has 1 aromatic heterocycles. The third kappa shape index (κ3) is 4.32. The Hall–Kier alpha value is -1.52. The highest BCUT2D eigenvalue weighted by Crippen LogP contribution is 1.87. The van der Waals surface area contributed by atoms with Gasteiger partial charge in [0.05, 0.1) is 0 Å². The molecule has 0 saturated carbocycles. The third-order valence-electron chi connectivity index (χ3n) is 0.844. The van der Waals surface area contributed by atoms with Crippen LogP contribution in [0, 0.1) is 5.41 Å². The van der Waals surface area contributed by atoms with Crippen molar-refractivity contribution in [2.24, 2.45) is 0 Å². The summed E-state index contributed by atoms with van der Waals surface area (Å²) in [6, 6.07) is 0. The molecular weight excluding hydrogens is 154 g/mol. The van der Waals surface area contributed by atoms with Crippen molar-refractivity contribution in [2.45, 2.75) is 20.8 Å². The number of nitrogens with zero attached hydrogens (tertiary/aromatic N) is 3. The molecule has 1 heterocycles. The van der Waals surface area contributed by atoms with E-state index in [9.17, 15) is 0 Å². The Morgan fingerprint density at radius 2 is 2.17 bits per heavy atom. The van der Waals surface area contributed by atoms with E-state index in [1.165, 1.54) is 0 Å². The highest BCUT2D eigenvalue weighted by molar-refractivity contribution is 5.93. The summed E-state index contributed by atoms with van der Waals surface area (Å²) >= 11 is 0. The first-order valence-electron chi connectivity index (χ1n) is 3.76. The molecule has 0 aliphatic carbocycles. The lowest BCUT2D eigenvalue weighted by Gasteiger charge is -1.78. The molecule has 66 valence electrons. The summed E-state index contributed by atoms with van der Waals surface area (Å²) in [6.45, 7) is 5.68. The second-order valence-corrected chi connectivity index (χ2v) is 1.79. The lowest BCUT2D eigenvalue weighted by atomic mass is 10.4. The first-order valence-corrected chi connectivity index (χ1v) is 3.76. The van der Waals surface area contributed by atoms with E-state index < -0.39 is 0 Å². The molecule has 0 aliphatic rings.